The Labute approximate surface area is 123 Å². The number of benzene rings is 2. The normalized spacial score (nSPS) is 12.4. The van der Waals surface area contributed by atoms with Crippen molar-refractivity contribution in [1.29, 1.82) is 0 Å². The number of nitrogens with two attached hydrogens (primary N) is 1. The lowest BCUT2D eigenvalue weighted by atomic mass is 9.96. The molecule has 3 N–H and O–H groups in total. The van der Waals surface area contributed by atoms with Crippen LogP contribution in [0.25, 0.3) is 0 Å². The molecular formula is C16H19BrN2. The van der Waals surface area contributed by atoms with E-state index < -0.39 is 0 Å². The predicted molar refractivity (Wildman–Crippen MR) is 83.8 cm³/mol. The minimum Gasteiger partial charge on any atom is -0.271 e. The van der Waals surface area contributed by atoms with Crippen LogP contribution in [-0.4, -0.2) is 0 Å². The van der Waals surface area contributed by atoms with Crippen molar-refractivity contribution in [2.45, 2.75) is 26.3 Å². The lowest BCUT2D eigenvalue weighted by Crippen LogP contribution is -2.30. The molecule has 0 aromatic heterocycles. The quantitative estimate of drug-likeness (QED) is 0.664. The molecule has 2 nitrogen and oxygen atoms in total. The van der Waals surface area contributed by atoms with E-state index in [1.807, 2.05) is 0 Å². The molecule has 1 unspecified atom stereocenters. The van der Waals surface area contributed by atoms with E-state index in [9.17, 15) is 0 Å². The van der Waals surface area contributed by atoms with Crippen LogP contribution in [0.15, 0.2) is 46.9 Å². The van der Waals surface area contributed by atoms with Gasteiger partial charge < -0.3 is 0 Å². The highest BCUT2D eigenvalue weighted by Gasteiger charge is 2.14. The highest BCUT2D eigenvalue weighted by molar-refractivity contribution is 9.10. The number of hydrazine groups is 1. The first-order chi connectivity index (χ1) is 9.11. The number of hydrogen-bond acceptors (Lipinski definition) is 2. The average molecular weight is 319 g/mol. The molecular weight excluding hydrogens is 300 g/mol. The van der Waals surface area contributed by atoms with Crippen LogP contribution in [0.5, 0.6) is 0 Å². The van der Waals surface area contributed by atoms with Gasteiger partial charge in [0.2, 0.25) is 0 Å². The molecule has 2 aromatic carbocycles. The first-order valence-corrected chi connectivity index (χ1v) is 7.18. The van der Waals surface area contributed by atoms with Crippen LogP contribution in [0.2, 0.25) is 0 Å². The Kier molecular flexibility index (Phi) is 4.75. The Bertz CT molecular complexity index is 566. The van der Waals surface area contributed by atoms with Gasteiger partial charge in [0.25, 0.3) is 0 Å². The van der Waals surface area contributed by atoms with Crippen LogP contribution < -0.4 is 11.3 Å². The fraction of sp³-hybridized carbons (Fsp3) is 0.250. The minimum absolute atomic E-state index is 0.107. The minimum atomic E-state index is 0.107. The molecule has 0 radical (unpaired) electrons. The van der Waals surface area contributed by atoms with E-state index in [-0.39, 0.29) is 6.04 Å². The van der Waals surface area contributed by atoms with E-state index in [1.54, 1.807) is 0 Å². The Hall–Kier alpha value is -1.16. The summed E-state index contributed by atoms with van der Waals surface area (Å²) in [5, 5.41) is 0. The van der Waals surface area contributed by atoms with Crippen LogP contribution in [0.3, 0.4) is 0 Å². The summed E-state index contributed by atoms with van der Waals surface area (Å²) in [6.45, 7) is 4.23. The summed E-state index contributed by atoms with van der Waals surface area (Å²) in [5.41, 5.74) is 7.99. The smallest absolute Gasteiger partial charge is 0.0511 e. The van der Waals surface area contributed by atoms with Crippen molar-refractivity contribution < 1.29 is 0 Å². The van der Waals surface area contributed by atoms with Crippen LogP contribution in [0.4, 0.5) is 0 Å². The van der Waals surface area contributed by atoms with Gasteiger partial charge in [0, 0.05) is 4.47 Å². The molecule has 0 spiro atoms. The fourth-order valence-electron chi connectivity index (χ4n) is 2.25. The van der Waals surface area contributed by atoms with Gasteiger partial charge in [0.15, 0.2) is 0 Å². The molecule has 0 bridgehead atoms. The summed E-state index contributed by atoms with van der Waals surface area (Å²) < 4.78 is 1.09. The highest BCUT2D eigenvalue weighted by Crippen LogP contribution is 2.27. The van der Waals surface area contributed by atoms with E-state index in [0.29, 0.717) is 0 Å². The number of hydrogen-bond donors (Lipinski definition) is 2. The van der Waals surface area contributed by atoms with Gasteiger partial charge in [-0.1, -0.05) is 57.9 Å². The van der Waals surface area contributed by atoms with Crippen LogP contribution in [0.1, 0.15) is 28.3 Å². The number of nitrogens with one attached hydrogen (secondary N) is 1. The molecule has 0 aliphatic rings. The van der Waals surface area contributed by atoms with Gasteiger partial charge in [-0.2, -0.15) is 0 Å². The van der Waals surface area contributed by atoms with E-state index in [1.165, 1.54) is 22.3 Å². The van der Waals surface area contributed by atoms with Crippen LogP contribution in [0, 0.1) is 13.8 Å². The van der Waals surface area contributed by atoms with Crippen molar-refractivity contribution >= 4 is 15.9 Å². The van der Waals surface area contributed by atoms with Crippen molar-refractivity contribution in [2.24, 2.45) is 5.84 Å². The van der Waals surface area contributed by atoms with E-state index >= 15 is 0 Å². The molecule has 100 valence electrons. The lowest BCUT2D eigenvalue weighted by Gasteiger charge is -2.19. The molecule has 0 heterocycles. The molecule has 0 fully saturated rings. The summed E-state index contributed by atoms with van der Waals surface area (Å²) in [5.74, 6) is 5.75. The summed E-state index contributed by atoms with van der Waals surface area (Å²) in [7, 11) is 0. The van der Waals surface area contributed by atoms with Gasteiger partial charge in [-0.15, -0.1) is 0 Å². The van der Waals surface area contributed by atoms with E-state index in [2.05, 4.69) is 77.7 Å². The molecule has 2 rings (SSSR count). The standard InChI is InChI=1S/C16H19BrN2/c1-11-7-8-15(17)14(9-11)16(19-18)10-13-6-4-3-5-12(13)2/h3-9,16,19H,10,18H2,1-2H3. The van der Waals surface area contributed by atoms with Crippen molar-refractivity contribution in [3.05, 3.63) is 69.2 Å². The van der Waals surface area contributed by atoms with Crippen molar-refractivity contribution in [3.63, 3.8) is 0 Å². The summed E-state index contributed by atoms with van der Waals surface area (Å²) >= 11 is 3.61. The van der Waals surface area contributed by atoms with Crippen LogP contribution in [-0.2, 0) is 6.42 Å². The molecule has 0 amide bonds. The Morgan fingerprint density at radius 3 is 2.58 bits per heavy atom. The molecule has 0 aliphatic carbocycles. The second kappa shape index (κ2) is 6.33. The van der Waals surface area contributed by atoms with E-state index in [0.717, 1.165) is 10.9 Å². The maximum atomic E-state index is 5.75. The third-order valence-corrected chi connectivity index (χ3v) is 4.14. The topological polar surface area (TPSA) is 38.0 Å². The molecule has 19 heavy (non-hydrogen) atoms. The summed E-state index contributed by atoms with van der Waals surface area (Å²) in [6, 6.07) is 14.9. The molecule has 0 aliphatic heterocycles. The van der Waals surface area contributed by atoms with Gasteiger partial charge in [0.1, 0.15) is 0 Å². The predicted octanol–water partition coefficient (Wildman–Crippen LogP) is 3.81. The first-order valence-electron chi connectivity index (χ1n) is 6.38. The molecule has 0 saturated heterocycles. The van der Waals surface area contributed by atoms with Gasteiger partial charge in [-0.25, -0.2) is 0 Å². The highest BCUT2D eigenvalue weighted by atomic mass is 79.9. The second-order valence-corrected chi connectivity index (χ2v) is 5.73. The number of halogens is 1. The Morgan fingerprint density at radius 1 is 1.16 bits per heavy atom. The zero-order valence-corrected chi connectivity index (χ0v) is 12.9. The zero-order valence-electron chi connectivity index (χ0n) is 11.3. The molecule has 2 aromatic rings. The van der Waals surface area contributed by atoms with Gasteiger partial charge in [-0.05, 0) is 43.0 Å². The lowest BCUT2D eigenvalue weighted by molar-refractivity contribution is 0.548. The largest absolute Gasteiger partial charge is 0.271 e. The van der Waals surface area contributed by atoms with E-state index in [4.69, 9.17) is 5.84 Å². The monoisotopic (exact) mass is 318 g/mol. The SMILES string of the molecule is Cc1ccc(Br)c(C(Cc2ccccc2C)NN)c1. The Morgan fingerprint density at radius 2 is 1.89 bits per heavy atom. The third kappa shape index (κ3) is 3.44. The molecule has 0 saturated carbocycles. The first kappa shape index (κ1) is 14.3. The number of rotatable bonds is 4. The maximum Gasteiger partial charge on any atom is 0.0511 e. The number of aryl methyl sites for hydroxylation is 2. The Balaban J connectivity index is 2.30. The average Bonchev–Trinajstić information content (AvgIpc) is 2.41. The third-order valence-electron chi connectivity index (χ3n) is 3.41. The van der Waals surface area contributed by atoms with Crippen molar-refractivity contribution in [3.8, 4) is 0 Å². The van der Waals surface area contributed by atoms with Gasteiger partial charge in [0.05, 0.1) is 6.04 Å². The summed E-state index contributed by atoms with van der Waals surface area (Å²) in [4.78, 5) is 0. The van der Waals surface area contributed by atoms with Crippen molar-refractivity contribution in [2.75, 3.05) is 0 Å². The molecule has 1 atom stereocenters. The zero-order chi connectivity index (χ0) is 13.8. The van der Waals surface area contributed by atoms with Gasteiger partial charge in [-0.3, -0.25) is 11.3 Å². The van der Waals surface area contributed by atoms with Gasteiger partial charge >= 0.3 is 0 Å². The second-order valence-electron chi connectivity index (χ2n) is 4.87. The maximum absolute atomic E-state index is 5.75. The molecule has 3 heteroatoms. The fourth-order valence-corrected chi connectivity index (χ4v) is 2.77. The van der Waals surface area contributed by atoms with Crippen LogP contribution >= 0.6 is 15.9 Å². The van der Waals surface area contributed by atoms with Crippen molar-refractivity contribution in [1.82, 2.24) is 5.43 Å². The summed E-state index contributed by atoms with van der Waals surface area (Å²) in [6.07, 6.45) is 0.880.